The number of aliphatic hydroxyl groups excluding tert-OH is 1. The summed E-state index contributed by atoms with van der Waals surface area (Å²) >= 11 is 1.72. The summed E-state index contributed by atoms with van der Waals surface area (Å²) in [6.07, 6.45) is 0.0283. The van der Waals surface area contributed by atoms with Gasteiger partial charge >= 0.3 is 0 Å². The molecule has 88 valence electrons. The van der Waals surface area contributed by atoms with E-state index < -0.39 is 6.10 Å². The quantitative estimate of drug-likeness (QED) is 0.559. The lowest BCUT2D eigenvalue weighted by Gasteiger charge is -2.12. The summed E-state index contributed by atoms with van der Waals surface area (Å²) < 4.78 is 4.78. The number of carbonyl (C=O) groups is 1. The molecule has 0 aromatic heterocycles. The number of hydrogen-bond acceptors (Lipinski definition) is 5. The normalized spacial score (nSPS) is 22.7. The predicted octanol–water partition coefficient (Wildman–Crippen LogP) is -0.837. The van der Waals surface area contributed by atoms with E-state index in [1.54, 1.807) is 18.9 Å². The van der Waals surface area contributed by atoms with Gasteiger partial charge in [0.2, 0.25) is 5.91 Å². The Kier molecular flexibility index (Phi) is 6.00. The molecule has 3 N–H and O–H groups in total. The van der Waals surface area contributed by atoms with Crippen LogP contribution >= 0.6 is 11.8 Å². The molecule has 2 unspecified atom stereocenters. The van der Waals surface area contributed by atoms with Crippen LogP contribution in [0.15, 0.2) is 0 Å². The van der Waals surface area contributed by atoms with Gasteiger partial charge in [0.15, 0.2) is 0 Å². The Hall–Kier alpha value is -0.300. The predicted molar refractivity (Wildman–Crippen MR) is 59.8 cm³/mol. The maximum absolute atomic E-state index is 11.5. The van der Waals surface area contributed by atoms with Gasteiger partial charge in [-0.25, -0.2) is 0 Å². The van der Waals surface area contributed by atoms with Gasteiger partial charge in [0, 0.05) is 25.3 Å². The first kappa shape index (κ1) is 12.8. The van der Waals surface area contributed by atoms with Crippen molar-refractivity contribution in [3.63, 3.8) is 0 Å². The molecular formula is C9H18N2O3S. The molecule has 0 radical (unpaired) electrons. The monoisotopic (exact) mass is 234 g/mol. The third kappa shape index (κ3) is 4.83. The van der Waals surface area contributed by atoms with E-state index in [2.05, 4.69) is 10.6 Å². The second-order valence-electron chi connectivity index (χ2n) is 3.46. The lowest BCUT2D eigenvalue weighted by Crippen LogP contribution is -2.42. The zero-order chi connectivity index (χ0) is 11.1. The van der Waals surface area contributed by atoms with Gasteiger partial charge in [-0.15, -0.1) is 11.8 Å². The first-order valence-electron chi connectivity index (χ1n) is 5.00. The standard InChI is InChI=1S/C9H18N2O3S/c1-14-4-7(12)2-3-10-9(13)8-5-15-6-11-8/h7-8,11-12H,2-6H2,1H3,(H,10,13). The molecule has 0 bridgehead atoms. The molecule has 1 aliphatic heterocycles. The average Bonchev–Trinajstić information content (AvgIpc) is 2.70. The number of rotatable bonds is 6. The Bertz CT molecular complexity index is 198. The minimum atomic E-state index is -0.499. The Labute approximate surface area is 93.9 Å². The molecule has 1 aliphatic rings. The number of nitrogens with one attached hydrogen (secondary N) is 2. The molecule has 0 aliphatic carbocycles. The van der Waals surface area contributed by atoms with E-state index >= 15 is 0 Å². The lowest BCUT2D eigenvalue weighted by atomic mass is 10.2. The van der Waals surface area contributed by atoms with Crippen molar-refractivity contribution < 1.29 is 14.6 Å². The molecule has 0 aromatic carbocycles. The molecule has 0 aromatic rings. The highest BCUT2D eigenvalue weighted by Gasteiger charge is 2.21. The van der Waals surface area contributed by atoms with Crippen molar-refractivity contribution in [2.75, 3.05) is 31.9 Å². The fourth-order valence-corrected chi connectivity index (χ4v) is 2.27. The second kappa shape index (κ2) is 7.05. The molecule has 1 saturated heterocycles. The van der Waals surface area contributed by atoms with E-state index in [0.29, 0.717) is 19.6 Å². The highest BCUT2D eigenvalue weighted by molar-refractivity contribution is 7.99. The van der Waals surface area contributed by atoms with Crippen LogP contribution in [-0.2, 0) is 9.53 Å². The Balaban J connectivity index is 2.06. The molecular weight excluding hydrogens is 216 g/mol. The fourth-order valence-electron chi connectivity index (χ4n) is 1.32. The third-order valence-corrected chi connectivity index (χ3v) is 3.11. The summed E-state index contributed by atoms with van der Waals surface area (Å²) in [5.74, 6) is 1.68. The minimum absolute atomic E-state index is 0.0182. The van der Waals surface area contributed by atoms with Crippen molar-refractivity contribution in [2.45, 2.75) is 18.6 Å². The van der Waals surface area contributed by atoms with Crippen LogP contribution in [0.1, 0.15) is 6.42 Å². The van der Waals surface area contributed by atoms with Gasteiger partial charge in [-0.2, -0.15) is 0 Å². The molecule has 1 amide bonds. The fraction of sp³-hybridized carbons (Fsp3) is 0.889. The zero-order valence-electron chi connectivity index (χ0n) is 8.86. The zero-order valence-corrected chi connectivity index (χ0v) is 9.68. The number of hydrogen-bond donors (Lipinski definition) is 3. The van der Waals surface area contributed by atoms with E-state index in [0.717, 1.165) is 11.6 Å². The summed E-state index contributed by atoms with van der Waals surface area (Å²) in [5, 5.41) is 15.2. The number of aliphatic hydroxyl groups is 1. The number of carbonyl (C=O) groups excluding carboxylic acids is 1. The van der Waals surface area contributed by atoms with Crippen molar-refractivity contribution in [3.05, 3.63) is 0 Å². The van der Waals surface area contributed by atoms with Crippen molar-refractivity contribution in [1.29, 1.82) is 0 Å². The molecule has 0 spiro atoms. The van der Waals surface area contributed by atoms with Crippen molar-refractivity contribution >= 4 is 17.7 Å². The maximum atomic E-state index is 11.5. The minimum Gasteiger partial charge on any atom is -0.391 e. The van der Waals surface area contributed by atoms with E-state index in [1.807, 2.05) is 0 Å². The van der Waals surface area contributed by atoms with Crippen LogP contribution in [0.3, 0.4) is 0 Å². The van der Waals surface area contributed by atoms with Crippen LogP contribution in [0.2, 0.25) is 0 Å². The number of amides is 1. The van der Waals surface area contributed by atoms with Crippen molar-refractivity contribution in [3.8, 4) is 0 Å². The number of thioether (sulfide) groups is 1. The van der Waals surface area contributed by atoms with E-state index in [9.17, 15) is 9.90 Å². The topological polar surface area (TPSA) is 70.6 Å². The van der Waals surface area contributed by atoms with E-state index in [1.165, 1.54) is 0 Å². The summed E-state index contributed by atoms with van der Waals surface area (Å²) in [7, 11) is 1.54. The molecule has 15 heavy (non-hydrogen) atoms. The highest BCUT2D eigenvalue weighted by Crippen LogP contribution is 2.09. The Morgan fingerprint density at radius 2 is 2.60 bits per heavy atom. The van der Waals surface area contributed by atoms with Crippen LogP contribution in [0.25, 0.3) is 0 Å². The van der Waals surface area contributed by atoms with Gasteiger partial charge in [0.05, 0.1) is 18.8 Å². The van der Waals surface area contributed by atoms with E-state index in [-0.39, 0.29) is 11.9 Å². The Morgan fingerprint density at radius 1 is 1.80 bits per heavy atom. The van der Waals surface area contributed by atoms with Gasteiger partial charge in [-0.3, -0.25) is 10.1 Å². The van der Waals surface area contributed by atoms with Gasteiger partial charge in [-0.05, 0) is 6.42 Å². The van der Waals surface area contributed by atoms with Crippen molar-refractivity contribution in [1.82, 2.24) is 10.6 Å². The largest absolute Gasteiger partial charge is 0.391 e. The van der Waals surface area contributed by atoms with Crippen LogP contribution in [0.4, 0.5) is 0 Å². The van der Waals surface area contributed by atoms with Gasteiger partial charge in [0.1, 0.15) is 0 Å². The van der Waals surface area contributed by atoms with Gasteiger partial charge in [-0.1, -0.05) is 0 Å². The first-order valence-corrected chi connectivity index (χ1v) is 6.15. The SMILES string of the molecule is COCC(O)CCNC(=O)C1CSCN1. The van der Waals surface area contributed by atoms with Crippen molar-refractivity contribution in [2.24, 2.45) is 0 Å². The summed E-state index contributed by atoms with van der Waals surface area (Å²) in [6, 6.07) is -0.0745. The summed E-state index contributed by atoms with van der Waals surface area (Å²) in [4.78, 5) is 11.5. The summed E-state index contributed by atoms with van der Waals surface area (Å²) in [5.41, 5.74) is 0. The third-order valence-electron chi connectivity index (χ3n) is 2.17. The van der Waals surface area contributed by atoms with Crippen LogP contribution < -0.4 is 10.6 Å². The van der Waals surface area contributed by atoms with Crippen LogP contribution in [0, 0.1) is 0 Å². The van der Waals surface area contributed by atoms with Gasteiger partial charge < -0.3 is 15.2 Å². The first-order chi connectivity index (χ1) is 7.24. The van der Waals surface area contributed by atoms with Crippen LogP contribution in [0.5, 0.6) is 0 Å². The molecule has 1 heterocycles. The average molecular weight is 234 g/mol. The molecule has 1 fully saturated rings. The number of ether oxygens (including phenoxy) is 1. The molecule has 0 saturated carbocycles. The smallest absolute Gasteiger partial charge is 0.238 e. The van der Waals surface area contributed by atoms with E-state index in [4.69, 9.17) is 4.74 Å². The maximum Gasteiger partial charge on any atom is 0.238 e. The molecule has 5 nitrogen and oxygen atoms in total. The van der Waals surface area contributed by atoms with Crippen LogP contribution in [-0.4, -0.2) is 55.1 Å². The number of methoxy groups -OCH3 is 1. The molecule has 6 heteroatoms. The highest BCUT2D eigenvalue weighted by atomic mass is 32.2. The molecule has 2 atom stereocenters. The summed E-state index contributed by atoms with van der Waals surface area (Å²) in [6.45, 7) is 0.805. The molecule has 1 rings (SSSR count). The second-order valence-corrected chi connectivity index (χ2v) is 4.49. The Morgan fingerprint density at radius 3 is 3.20 bits per heavy atom. The van der Waals surface area contributed by atoms with Gasteiger partial charge in [0.25, 0.3) is 0 Å². The lowest BCUT2D eigenvalue weighted by molar-refractivity contribution is -0.122.